The quantitative estimate of drug-likeness (QED) is 0.866. The minimum Gasteiger partial charge on any atom is -0.311 e. The van der Waals surface area contributed by atoms with Gasteiger partial charge in [0.25, 0.3) is 0 Å². The predicted octanol–water partition coefficient (Wildman–Crippen LogP) is 1.65. The fourth-order valence-electron chi connectivity index (χ4n) is 2.27. The summed E-state index contributed by atoms with van der Waals surface area (Å²) in [5.41, 5.74) is 1.18. The minimum atomic E-state index is 0.447. The van der Waals surface area contributed by atoms with Gasteiger partial charge in [-0.3, -0.25) is 9.58 Å². The van der Waals surface area contributed by atoms with E-state index in [0.29, 0.717) is 18.1 Å². The van der Waals surface area contributed by atoms with Crippen molar-refractivity contribution in [1.82, 2.24) is 20.0 Å². The minimum absolute atomic E-state index is 0.447. The van der Waals surface area contributed by atoms with Crippen LogP contribution in [-0.4, -0.2) is 39.9 Å². The van der Waals surface area contributed by atoms with Gasteiger partial charge in [-0.05, 0) is 33.8 Å². The molecular formula is C13H24N4. The number of nitrogens with one attached hydrogen (secondary N) is 1. The van der Waals surface area contributed by atoms with Crippen LogP contribution in [-0.2, 0) is 6.54 Å². The van der Waals surface area contributed by atoms with Gasteiger partial charge >= 0.3 is 0 Å². The number of hydrogen-bond acceptors (Lipinski definition) is 3. The molecule has 4 nitrogen and oxygen atoms in total. The largest absolute Gasteiger partial charge is 0.311 e. The Kier molecular flexibility index (Phi) is 3.84. The first-order valence-corrected chi connectivity index (χ1v) is 6.57. The first-order chi connectivity index (χ1) is 8.06. The third-order valence-electron chi connectivity index (χ3n) is 3.45. The van der Waals surface area contributed by atoms with Crippen LogP contribution < -0.4 is 5.32 Å². The molecule has 1 fully saturated rings. The van der Waals surface area contributed by atoms with Gasteiger partial charge in [0.2, 0.25) is 0 Å². The van der Waals surface area contributed by atoms with Gasteiger partial charge in [-0.15, -0.1) is 0 Å². The van der Waals surface area contributed by atoms with E-state index in [9.17, 15) is 0 Å². The van der Waals surface area contributed by atoms with E-state index >= 15 is 0 Å². The lowest BCUT2D eigenvalue weighted by Crippen LogP contribution is -2.53. The molecule has 17 heavy (non-hydrogen) atoms. The predicted molar refractivity (Wildman–Crippen MR) is 69.9 cm³/mol. The molecule has 1 aromatic heterocycles. The Morgan fingerprint density at radius 3 is 2.88 bits per heavy atom. The molecule has 0 amide bonds. The maximum Gasteiger partial charge on any atom is 0.0765 e. The third-order valence-corrected chi connectivity index (χ3v) is 3.45. The van der Waals surface area contributed by atoms with Gasteiger partial charge in [0, 0.05) is 44.0 Å². The topological polar surface area (TPSA) is 33.1 Å². The molecule has 0 radical (unpaired) electrons. The van der Waals surface area contributed by atoms with Crippen molar-refractivity contribution < 1.29 is 0 Å². The Labute approximate surface area is 104 Å². The van der Waals surface area contributed by atoms with Gasteiger partial charge in [-0.2, -0.15) is 5.10 Å². The molecule has 1 aliphatic heterocycles. The summed E-state index contributed by atoms with van der Waals surface area (Å²) in [5.74, 6) is 0. The summed E-state index contributed by atoms with van der Waals surface area (Å²) in [6, 6.07) is 3.76. The second-order valence-corrected chi connectivity index (χ2v) is 5.47. The SMILES string of the molecule is CC1CN(Cc2ccn(C(C)C)n2)C(C)CN1. The van der Waals surface area contributed by atoms with Crippen molar-refractivity contribution in [2.45, 2.75) is 52.4 Å². The maximum absolute atomic E-state index is 4.62. The molecule has 1 saturated heterocycles. The lowest BCUT2D eigenvalue weighted by Gasteiger charge is -2.37. The summed E-state index contributed by atoms with van der Waals surface area (Å²) in [5, 5.41) is 8.12. The maximum atomic E-state index is 4.62. The highest BCUT2D eigenvalue weighted by Crippen LogP contribution is 2.12. The summed E-state index contributed by atoms with van der Waals surface area (Å²) in [7, 11) is 0. The monoisotopic (exact) mass is 236 g/mol. The number of piperazine rings is 1. The van der Waals surface area contributed by atoms with Gasteiger partial charge in [0.05, 0.1) is 5.69 Å². The Balaban J connectivity index is 1.98. The van der Waals surface area contributed by atoms with Crippen LogP contribution in [0.4, 0.5) is 0 Å². The van der Waals surface area contributed by atoms with E-state index in [1.807, 2.05) is 4.68 Å². The molecule has 2 atom stereocenters. The summed E-state index contributed by atoms with van der Waals surface area (Å²) >= 11 is 0. The molecular weight excluding hydrogens is 212 g/mol. The van der Waals surface area contributed by atoms with Gasteiger partial charge in [0.15, 0.2) is 0 Å². The Bertz CT molecular complexity index is 358. The van der Waals surface area contributed by atoms with E-state index in [-0.39, 0.29) is 0 Å². The number of aromatic nitrogens is 2. The summed E-state index contributed by atoms with van der Waals surface area (Å²) in [6.45, 7) is 12.0. The molecule has 0 saturated carbocycles. The summed E-state index contributed by atoms with van der Waals surface area (Å²) in [4.78, 5) is 2.51. The smallest absolute Gasteiger partial charge is 0.0765 e. The van der Waals surface area contributed by atoms with E-state index < -0.39 is 0 Å². The van der Waals surface area contributed by atoms with Crippen LogP contribution in [0.15, 0.2) is 12.3 Å². The van der Waals surface area contributed by atoms with Crippen molar-refractivity contribution in [2.75, 3.05) is 13.1 Å². The van der Waals surface area contributed by atoms with Gasteiger partial charge in [-0.1, -0.05) is 0 Å². The van der Waals surface area contributed by atoms with E-state index in [4.69, 9.17) is 0 Å². The van der Waals surface area contributed by atoms with Gasteiger partial charge in [0.1, 0.15) is 0 Å². The van der Waals surface area contributed by atoms with Crippen LogP contribution in [0, 0.1) is 0 Å². The normalized spacial score (nSPS) is 26.6. The fraction of sp³-hybridized carbons (Fsp3) is 0.769. The van der Waals surface area contributed by atoms with Crippen LogP contribution in [0.3, 0.4) is 0 Å². The molecule has 0 bridgehead atoms. The van der Waals surface area contributed by atoms with Crippen molar-refractivity contribution in [3.63, 3.8) is 0 Å². The molecule has 0 spiro atoms. The lowest BCUT2D eigenvalue weighted by molar-refractivity contribution is 0.137. The molecule has 4 heteroatoms. The molecule has 2 rings (SSSR count). The standard InChI is InChI=1S/C13H24N4/c1-10(2)17-6-5-13(15-17)9-16-8-11(3)14-7-12(16)4/h5-6,10-12,14H,7-9H2,1-4H3. The van der Waals surface area contributed by atoms with E-state index in [0.717, 1.165) is 19.6 Å². The number of hydrogen-bond donors (Lipinski definition) is 1. The van der Waals surface area contributed by atoms with E-state index in [1.54, 1.807) is 0 Å². The number of rotatable bonds is 3. The molecule has 2 heterocycles. The molecule has 1 N–H and O–H groups in total. The third kappa shape index (κ3) is 3.07. The Hall–Kier alpha value is -0.870. The number of nitrogens with zero attached hydrogens (tertiary/aromatic N) is 3. The molecule has 96 valence electrons. The zero-order valence-corrected chi connectivity index (χ0v) is 11.3. The molecule has 1 aromatic rings. The average molecular weight is 236 g/mol. The average Bonchev–Trinajstić information content (AvgIpc) is 2.72. The van der Waals surface area contributed by atoms with Crippen LogP contribution in [0.5, 0.6) is 0 Å². The lowest BCUT2D eigenvalue weighted by atomic mass is 10.1. The first kappa shape index (κ1) is 12.6. The second kappa shape index (κ2) is 5.19. The Morgan fingerprint density at radius 1 is 1.47 bits per heavy atom. The van der Waals surface area contributed by atoms with Crippen molar-refractivity contribution >= 4 is 0 Å². The zero-order chi connectivity index (χ0) is 12.4. The second-order valence-electron chi connectivity index (χ2n) is 5.47. The molecule has 1 aliphatic rings. The van der Waals surface area contributed by atoms with E-state index in [2.05, 4.69) is 55.3 Å². The molecule has 0 aliphatic carbocycles. The van der Waals surface area contributed by atoms with Gasteiger partial charge in [-0.25, -0.2) is 0 Å². The van der Waals surface area contributed by atoms with Crippen LogP contribution in [0.1, 0.15) is 39.4 Å². The van der Waals surface area contributed by atoms with Crippen LogP contribution in [0.25, 0.3) is 0 Å². The molecule has 0 aromatic carbocycles. The van der Waals surface area contributed by atoms with Crippen molar-refractivity contribution in [3.05, 3.63) is 18.0 Å². The molecule has 2 unspecified atom stereocenters. The Morgan fingerprint density at radius 2 is 2.24 bits per heavy atom. The van der Waals surface area contributed by atoms with Crippen molar-refractivity contribution in [2.24, 2.45) is 0 Å². The summed E-state index contributed by atoms with van der Waals surface area (Å²) < 4.78 is 2.03. The van der Waals surface area contributed by atoms with Crippen molar-refractivity contribution in [3.8, 4) is 0 Å². The van der Waals surface area contributed by atoms with Crippen LogP contribution >= 0.6 is 0 Å². The first-order valence-electron chi connectivity index (χ1n) is 6.57. The fourth-order valence-corrected chi connectivity index (χ4v) is 2.27. The highest BCUT2D eigenvalue weighted by Gasteiger charge is 2.22. The zero-order valence-electron chi connectivity index (χ0n) is 11.3. The highest BCUT2D eigenvalue weighted by molar-refractivity contribution is 5.00. The highest BCUT2D eigenvalue weighted by atomic mass is 15.3. The van der Waals surface area contributed by atoms with Crippen molar-refractivity contribution in [1.29, 1.82) is 0 Å². The van der Waals surface area contributed by atoms with Crippen LogP contribution in [0.2, 0.25) is 0 Å². The van der Waals surface area contributed by atoms with Gasteiger partial charge < -0.3 is 5.32 Å². The van der Waals surface area contributed by atoms with E-state index in [1.165, 1.54) is 5.69 Å². The summed E-state index contributed by atoms with van der Waals surface area (Å²) in [6.07, 6.45) is 2.08.